The molecule has 1 heteroatoms. The van der Waals surface area contributed by atoms with Crippen molar-refractivity contribution < 1.29 is 4.74 Å². The lowest BCUT2D eigenvalue weighted by Crippen LogP contribution is -1.97. The van der Waals surface area contributed by atoms with Crippen molar-refractivity contribution in [3.8, 4) is 33.8 Å². The van der Waals surface area contributed by atoms with E-state index < -0.39 is 0 Å². The van der Waals surface area contributed by atoms with E-state index in [1.54, 1.807) is 0 Å². The van der Waals surface area contributed by atoms with Gasteiger partial charge in [0.1, 0.15) is 11.5 Å². The van der Waals surface area contributed by atoms with E-state index in [2.05, 4.69) is 121 Å². The Hall–Kier alpha value is -4.62. The molecule has 0 atom stereocenters. The van der Waals surface area contributed by atoms with Crippen molar-refractivity contribution in [3.05, 3.63) is 121 Å². The average Bonchev–Trinajstić information content (AvgIpc) is 2.91. The normalized spacial score (nSPS) is 12.2. The minimum absolute atomic E-state index is 0.914. The van der Waals surface area contributed by atoms with Crippen LogP contribution < -0.4 is 4.74 Å². The third-order valence-corrected chi connectivity index (χ3v) is 7.41. The van der Waals surface area contributed by atoms with E-state index in [1.165, 1.54) is 59.8 Å². The second-order valence-electron chi connectivity index (χ2n) is 9.36. The highest BCUT2D eigenvalue weighted by atomic mass is 16.5. The second-order valence-corrected chi connectivity index (χ2v) is 9.36. The van der Waals surface area contributed by atoms with Gasteiger partial charge in [-0.2, -0.15) is 0 Å². The van der Waals surface area contributed by atoms with Gasteiger partial charge in [0.25, 0.3) is 0 Å². The van der Waals surface area contributed by atoms with E-state index >= 15 is 0 Å². The highest BCUT2D eigenvalue weighted by molar-refractivity contribution is 6.14. The number of hydrogen-bond donors (Lipinski definition) is 0. The van der Waals surface area contributed by atoms with Crippen LogP contribution in [-0.2, 0) is 0 Å². The van der Waals surface area contributed by atoms with Crippen molar-refractivity contribution in [2.75, 3.05) is 0 Å². The van der Waals surface area contributed by atoms with Gasteiger partial charge in [-0.3, -0.25) is 0 Å². The van der Waals surface area contributed by atoms with Gasteiger partial charge in [0.15, 0.2) is 0 Å². The van der Waals surface area contributed by atoms with Crippen LogP contribution in [0.2, 0.25) is 0 Å². The number of hydrogen-bond acceptors (Lipinski definition) is 1. The summed E-state index contributed by atoms with van der Waals surface area (Å²) in [5, 5.41) is 10.0. The Morgan fingerprint density at radius 2 is 1.11 bits per heavy atom. The molecular formula is C34H20O. The SMILES string of the molecule is c1cc(-c2ccc3c(c2)Oc2cccc4cccc-3c24)c2cc3c(ccc4ccccc43)cc2c1. The molecule has 0 saturated carbocycles. The molecule has 0 bridgehead atoms. The van der Waals surface area contributed by atoms with Crippen LogP contribution in [0.15, 0.2) is 121 Å². The molecule has 0 aliphatic carbocycles. The quantitative estimate of drug-likeness (QED) is 0.181. The lowest BCUT2D eigenvalue weighted by atomic mass is 9.91. The Morgan fingerprint density at radius 3 is 2.06 bits per heavy atom. The maximum absolute atomic E-state index is 6.45. The van der Waals surface area contributed by atoms with Crippen molar-refractivity contribution in [2.24, 2.45) is 0 Å². The molecule has 1 nitrogen and oxygen atoms in total. The Kier molecular flexibility index (Phi) is 3.72. The monoisotopic (exact) mass is 444 g/mol. The molecule has 1 heterocycles. The molecule has 1 aliphatic rings. The molecule has 162 valence electrons. The van der Waals surface area contributed by atoms with Crippen molar-refractivity contribution in [1.29, 1.82) is 0 Å². The summed E-state index contributed by atoms with van der Waals surface area (Å²) in [6.07, 6.45) is 0. The van der Waals surface area contributed by atoms with Crippen LogP contribution in [0.4, 0.5) is 0 Å². The molecular weight excluding hydrogens is 424 g/mol. The van der Waals surface area contributed by atoms with E-state index in [0.29, 0.717) is 0 Å². The van der Waals surface area contributed by atoms with Crippen LogP contribution in [0.3, 0.4) is 0 Å². The van der Waals surface area contributed by atoms with Gasteiger partial charge in [-0.1, -0.05) is 91.0 Å². The van der Waals surface area contributed by atoms with E-state index in [1.807, 2.05) is 0 Å². The molecule has 0 fully saturated rings. The summed E-state index contributed by atoms with van der Waals surface area (Å²) in [5.41, 5.74) is 4.78. The zero-order chi connectivity index (χ0) is 22.9. The number of rotatable bonds is 1. The molecule has 0 spiro atoms. The summed E-state index contributed by atoms with van der Waals surface area (Å²) in [6, 6.07) is 43.7. The summed E-state index contributed by atoms with van der Waals surface area (Å²) in [7, 11) is 0. The maximum atomic E-state index is 6.45. The first-order valence-corrected chi connectivity index (χ1v) is 12.0. The molecule has 1 aliphatic heterocycles. The van der Waals surface area contributed by atoms with Gasteiger partial charge in [0, 0.05) is 10.9 Å². The summed E-state index contributed by atoms with van der Waals surface area (Å²) >= 11 is 0. The van der Waals surface area contributed by atoms with Gasteiger partial charge in [0.2, 0.25) is 0 Å². The van der Waals surface area contributed by atoms with Gasteiger partial charge in [-0.25, -0.2) is 0 Å². The van der Waals surface area contributed by atoms with Crippen molar-refractivity contribution in [1.82, 2.24) is 0 Å². The van der Waals surface area contributed by atoms with Gasteiger partial charge >= 0.3 is 0 Å². The van der Waals surface area contributed by atoms with Crippen LogP contribution in [0, 0.1) is 0 Å². The number of fused-ring (bicyclic) bond motifs is 6. The third-order valence-electron chi connectivity index (χ3n) is 7.41. The fraction of sp³-hybridized carbons (Fsp3) is 0. The van der Waals surface area contributed by atoms with E-state index in [4.69, 9.17) is 4.74 Å². The van der Waals surface area contributed by atoms with Gasteiger partial charge in [-0.05, 0) is 84.7 Å². The first-order valence-electron chi connectivity index (χ1n) is 12.0. The first kappa shape index (κ1) is 18.8. The molecule has 0 amide bonds. The summed E-state index contributed by atoms with van der Waals surface area (Å²) in [6.45, 7) is 0. The van der Waals surface area contributed by atoms with Crippen LogP contribution >= 0.6 is 0 Å². The summed E-state index contributed by atoms with van der Waals surface area (Å²) < 4.78 is 6.45. The molecule has 7 aromatic rings. The highest BCUT2D eigenvalue weighted by Gasteiger charge is 2.20. The average molecular weight is 445 g/mol. The topological polar surface area (TPSA) is 9.23 Å². The molecule has 0 aromatic heterocycles. The lowest BCUT2D eigenvalue weighted by Gasteiger charge is -2.22. The minimum Gasteiger partial charge on any atom is -0.456 e. The van der Waals surface area contributed by atoms with Gasteiger partial charge in [-0.15, -0.1) is 0 Å². The van der Waals surface area contributed by atoms with E-state index in [-0.39, 0.29) is 0 Å². The van der Waals surface area contributed by atoms with Crippen molar-refractivity contribution in [3.63, 3.8) is 0 Å². The third kappa shape index (κ3) is 2.70. The molecule has 8 rings (SSSR count). The molecule has 35 heavy (non-hydrogen) atoms. The molecule has 0 unspecified atom stereocenters. The Labute approximate surface area is 202 Å². The molecule has 0 N–H and O–H groups in total. The smallest absolute Gasteiger partial charge is 0.135 e. The summed E-state index contributed by atoms with van der Waals surface area (Å²) in [4.78, 5) is 0. The predicted molar refractivity (Wildman–Crippen MR) is 147 cm³/mol. The zero-order valence-electron chi connectivity index (χ0n) is 19.0. The molecule has 0 radical (unpaired) electrons. The lowest BCUT2D eigenvalue weighted by molar-refractivity contribution is 0.487. The van der Waals surface area contributed by atoms with Crippen molar-refractivity contribution in [2.45, 2.75) is 0 Å². The van der Waals surface area contributed by atoms with Crippen LogP contribution in [0.5, 0.6) is 11.5 Å². The fourth-order valence-corrected chi connectivity index (χ4v) is 5.76. The first-order chi connectivity index (χ1) is 17.3. The van der Waals surface area contributed by atoms with Crippen LogP contribution in [0.25, 0.3) is 65.3 Å². The highest BCUT2D eigenvalue weighted by Crippen LogP contribution is 2.48. The Balaban J connectivity index is 1.37. The zero-order valence-corrected chi connectivity index (χ0v) is 19.0. The molecule has 7 aromatic carbocycles. The van der Waals surface area contributed by atoms with Crippen molar-refractivity contribution >= 4 is 43.1 Å². The number of ether oxygens (including phenoxy) is 1. The van der Waals surface area contributed by atoms with Crippen LogP contribution in [0.1, 0.15) is 0 Å². The Morgan fingerprint density at radius 1 is 0.371 bits per heavy atom. The fourth-order valence-electron chi connectivity index (χ4n) is 5.76. The van der Waals surface area contributed by atoms with E-state index in [9.17, 15) is 0 Å². The minimum atomic E-state index is 0.914. The van der Waals surface area contributed by atoms with Crippen LogP contribution in [-0.4, -0.2) is 0 Å². The summed E-state index contributed by atoms with van der Waals surface area (Å²) in [5.74, 6) is 1.84. The molecule has 0 saturated heterocycles. The van der Waals surface area contributed by atoms with Gasteiger partial charge < -0.3 is 4.74 Å². The Bertz CT molecular complexity index is 1970. The largest absolute Gasteiger partial charge is 0.456 e. The standard InChI is InChI=1S/C34H20O/c1-2-10-26-21(6-1)14-15-24-18-23-9-4-11-27(30(23)20-31(24)26)25-16-17-28-29-12-3-7-22-8-5-13-32(34(22)29)35-33(28)19-25/h1-20H. The van der Waals surface area contributed by atoms with E-state index in [0.717, 1.165) is 17.1 Å². The second kappa shape index (κ2) is 6.94. The number of benzene rings is 7. The maximum Gasteiger partial charge on any atom is 0.135 e. The van der Waals surface area contributed by atoms with Gasteiger partial charge in [0.05, 0.1) is 0 Å². The predicted octanol–water partition coefficient (Wildman–Crippen LogP) is 9.74.